The number of nitrogens with zero attached hydrogens (tertiary/aromatic N) is 4. The zero-order valence-corrected chi connectivity index (χ0v) is 18.8. The third kappa shape index (κ3) is 5.71. The predicted octanol–water partition coefficient (Wildman–Crippen LogP) is 4.10. The molecule has 0 unspecified atom stereocenters. The molecule has 164 valence electrons. The van der Waals surface area contributed by atoms with Gasteiger partial charge in [0.15, 0.2) is 0 Å². The molecule has 5 heteroatoms. The Kier molecular flexibility index (Phi) is 7.58. The maximum absolute atomic E-state index is 5.97. The minimum Gasteiger partial charge on any atom is -0.377 e. The number of aryl methyl sites for hydroxylation is 2. The first kappa shape index (κ1) is 21.5. The lowest BCUT2D eigenvalue weighted by atomic mass is 9.95. The van der Waals surface area contributed by atoms with E-state index in [1.165, 1.54) is 55.7 Å². The van der Waals surface area contributed by atoms with E-state index in [2.05, 4.69) is 63.7 Å². The van der Waals surface area contributed by atoms with Crippen molar-refractivity contribution in [3.8, 4) is 0 Å². The average molecular weight is 411 g/mol. The Hall–Kier alpha value is -1.69. The van der Waals surface area contributed by atoms with Crippen LogP contribution in [0.5, 0.6) is 0 Å². The molecule has 0 amide bonds. The van der Waals surface area contributed by atoms with Crippen molar-refractivity contribution in [2.75, 3.05) is 32.8 Å². The van der Waals surface area contributed by atoms with Crippen molar-refractivity contribution < 1.29 is 4.74 Å². The summed E-state index contributed by atoms with van der Waals surface area (Å²) >= 11 is 0. The molecule has 2 fully saturated rings. The fourth-order valence-corrected chi connectivity index (χ4v) is 4.98. The molecule has 0 N–H and O–H groups in total. The van der Waals surface area contributed by atoms with Crippen LogP contribution in [0.3, 0.4) is 0 Å². The normalized spacial score (nSPS) is 21.0. The van der Waals surface area contributed by atoms with Crippen LogP contribution in [0, 0.1) is 12.8 Å². The molecule has 0 saturated carbocycles. The summed E-state index contributed by atoms with van der Waals surface area (Å²) in [5, 5.41) is 0. The summed E-state index contributed by atoms with van der Waals surface area (Å²) in [4.78, 5) is 9.88. The van der Waals surface area contributed by atoms with Gasteiger partial charge in [0.2, 0.25) is 0 Å². The number of benzene rings is 1. The minimum atomic E-state index is 0.399. The van der Waals surface area contributed by atoms with E-state index in [0.717, 1.165) is 45.2 Å². The number of ether oxygens (including phenoxy) is 1. The van der Waals surface area contributed by atoms with E-state index >= 15 is 0 Å². The largest absolute Gasteiger partial charge is 0.377 e. The van der Waals surface area contributed by atoms with Crippen LogP contribution in [0.1, 0.15) is 49.6 Å². The summed E-state index contributed by atoms with van der Waals surface area (Å²) < 4.78 is 8.24. The maximum Gasteiger partial charge on any atom is 0.122 e. The Morgan fingerprint density at radius 2 is 1.97 bits per heavy atom. The van der Waals surface area contributed by atoms with Crippen molar-refractivity contribution >= 4 is 0 Å². The van der Waals surface area contributed by atoms with E-state index < -0.39 is 0 Å². The second kappa shape index (κ2) is 10.6. The molecule has 1 aromatic heterocycles. The van der Waals surface area contributed by atoms with Gasteiger partial charge < -0.3 is 9.30 Å². The van der Waals surface area contributed by atoms with E-state index in [1.807, 2.05) is 6.20 Å². The van der Waals surface area contributed by atoms with Gasteiger partial charge in [0.05, 0.1) is 12.6 Å². The second-order valence-corrected chi connectivity index (χ2v) is 9.10. The van der Waals surface area contributed by atoms with Crippen LogP contribution in [-0.2, 0) is 24.4 Å². The van der Waals surface area contributed by atoms with Crippen LogP contribution >= 0.6 is 0 Å². The van der Waals surface area contributed by atoms with Crippen molar-refractivity contribution in [2.45, 2.75) is 65.3 Å². The first-order chi connectivity index (χ1) is 14.7. The number of imidazole rings is 1. The summed E-state index contributed by atoms with van der Waals surface area (Å²) in [7, 11) is 0. The highest BCUT2D eigenvalue weighted by atomic mass is 16.5. The van der Waals surface area contributed by atoms with Gasteiger partial charge in [-0.2, -0.15) is 0 Å². The molecule has 1 aromatic carbocycles. The molecule has 2 aliphatic rings. The van der Waals surface area contributed by atoms with Gasteiger partial charge in [0.25, 0.3) is 0 Å². The lowest BCUT2D eigenvalue weighted by Crippen LogP contribution is -2.41. The van der Waals surface area contributed by atoms with Gasteiger partial charge >= 0.3 is 0 Å². The molecule has 0 spiro atoms. The fraction of sp³-hybridized carbons (Fsp3) is 0.640. The summed E-state index contributed by atoms with van der Waals surface area (Å²) in [6, 6.07) is 8.81. The van der Waals surface area contributed by atoms with E-state index in [9.17, 15) is 0 Å². The summed E-state index contributed by atoms with van der Waals surface area (Å²) in [5.41, 5.74) is 2.89. The number of hydrogen-bond acceptors (Lipinski definition) is 4. The molecule has 0 bridgehead atoms. The molecule has 4 rings (SSSR count). The second-order valence-electron chi connectivity index (χ2n) is 9.10. The first-order valence-electron chi connectivity index (χ1n) is 11.8. The highest BCUT2D eigenvalue weighted by molar-refractivity contribution is 5.25. The summed E-state index contributed by atoms with van der Waals surface area (Å²) in [6.45, 7) is 13.0. The topological polar surface area (TPSA) is 33.5 Å². The van der Waals surface area contributed by atoms with Crippen molar-refractivity contribution in [1.82, 2.24) is 19.4 Å². The van der Waals surface area contributed by atoms with Crippen LogP contribution in [-0.4, -0.2) is 58.2 Å². The van der Waals surface area contributed by atoms with Crippen molar-refractivity contribution in [3.05, 3.63) is 53.6 Å². The molecular weight excluding hydrogens is 372 g/mol. The van der Waals surface area contributed by atoms with Crippen molar-refractivity contribution in [1.29, 1.82) is 0 Å². The Labute approximate surface area is 182 Å². The molecule has 2 saturated heterocycles. The molecule has 5 nitrogen and oxygen atoms in total. The number of piperidine rings is 1. The Bertz CT molecular complexity index is 775. The van der Waals surface area contributed by atoms with Crippen molar-refractivity contribution in [2.24, 2.45) is 5.92 Å². The van der Waals surface area contributed by atoms with Crippen LogP contribution in [0.25, 0.3) is 0 Å². The monoisotopic (exact) mass is 410 g/mol. The number of rotatable bonds is 9. The fourth-order valence-electron chi connectivity index (χ4n) is 4.98. The zero-order chi connectivity index (χ0) is 20.8. The Morgan fingerprint density at radius 1 is 1.13 bits per heavy atom. The van der Waals surface area contributed by atoms with Gasteiger partial charge in [0, 0.05) is 45.2 Å². The lowest BCUT2D eigenvalue weighted by Gasteiger charge is -2.35. The lowest BCUT2D eigenvalue weighted by molar-refractivity contribution is 0.0556. The summed E-state index contributed by atoms with van der Waals surface area (Å²) in [5.74, 6) is 1.96. The van der Waals surface area contributed by atoms with Gasteiger partial charge in [0.1, 0.15) is 5.82 Å². The molecule has 2 aliphatic heterocycles. The van der Waals surface area contributed by atoms with Crippen LogP contribution in [0.4, 0.5) is 0 Å². The van der Waals surface area contributed by atoms with Gasteiger partial charge in [-0.15, -0.1) is 0 Å². The third-order valence-electron chi connectivity index (χ3n) is 6.87. The highest BCUT2D eigenvalue weighted by Gasteiger charge is 2.25. The SMILES string of the molecule is CCn1ccnc1CN(CC1CCN(Cc2ccccc2C)CC1)C[C@@H]1CCCO1. The number of aromatic nitrogens is 2. The quantitative estimate of drug-likeness (QED) is 0.623. The smallest absolute Gasteiger partial charge is 0.122 e. The van der Waals surface area contributed by atoms with E-state index in [4.69, 9.17) is 4.74 Å². The van der Waals surface area contributed by atoms with Gasteiger partial charge in [-0.25, -0.2) is 4.98 Å². The Morgan fingerprint density at radius 3 is 2.70 bits per heavy atom. The molecule has 0 radical (unpaired) electrons. The third-order valence-corrected chi connectivity index (χ3v) is 6.87. The highest BCUT2D eigenvalue weighted by Crippen LogP contribution is 2.23. The summed E-state index contributed by atoms with van der Waals surface area (Å²) in [6.07, 6.45) is 9.42. The molecule has 3 heterocycles. The maximum atomic E-state index is 5.97. The van der Waals surface area contributed by atoms with Crippen LogP contribution in [0.15, 0.2) is 36.7 Å². The molecular formula is C25H38N4O. The first-order valence-corrected chi connectivity index (χ1v) is 11.8. The molecule has 0 aliphatic carbocycles. The number of hydrogen-bond donors (Lipinski definition) is 0. The predicted molar refractivity (Wildman–Crippen MR) is 121 cm³/mol. The molecule has 2 aromatic rings. The van der Waals surface area contributed by atoms with Crippen LogP contribution in [0.2, 0.25) is 0 Å². The minimum absolute atomic E-state index is 0.399. The van der Waals surface area contributed by atoms with Crippen LogP contribution < -0.4 is 0 Å². The standard InChI is InChI=1S/C25H38N4O/c1-3-29-15-12-26-25(29)20-28(19-24-9-6-16-30-24)17-22-10-13-27(14-11-22)18-23-8-5-4-7-21(23)2/h4-5,7-8,12,15,22,24H,3,6,9-11,13-14,16-20H2,1-2H3/t24-/m0/s1. The molecule has 1 atom stereocenters. The van der Waals surface area contributed by atoms with Gasteiger partial charge in [-0.1, -0.05) is 24.3 Å². The van der Waals surface area contributed by atoms with E-state index in [1.54, 1.807) is 0 Å². The number of likely N-dealkylation sites (tertiary alicyclic amines) is 1. The average Bonchev–Trinajstić information content (AvgIpc) is 3.43. The molecule has 30 heavy (non-hydrogen) atoms. The zero-order valence-electron chi connectivity index (χ0n) is 18.8. The van der Waals surface area contributed by atoms with Gasteiger partial charge in [-0.05, 0) is 69.7 Å². The van der Waals surface area contributed by atoms with E-state index in [-0.39, 0.29) is 0 Å². The van der Waals surface area contributed by atoms with Crippen molar-refractivity contribution in [3.63, 3.8) is 0 Å². The van der Waals surface area contributed by atoms with E-state index in [0.29, 0.717) is 6.10 Å². The Balaban J connectivity index is 1.32. The van der Waals surface area contributed by atoms with Gasteiger partial charge in [-0.3, -0.25) is 9.80 Å².